The zero-order valence-corrected chi connectivity index (χ0v) is 14.9. The predicted molar refractivity (Wildman–Crippen MR) is 105 cm³/mol. The smallest absolute Gasteiger partial charge is 0.168 e. The van der Waals surface area contributed by atoms with E-state index in [9.17, 15) is 4.79 Å². The number of aldehydes is 1. The monoisotopic (exact) mass is 358 g/mol. The van der Waals surface area contributed by atoms with Gasteiger partial charge in [0.25, 0.3) is 0 Å². The Morgan fingerprint density at radius 3 is 2.89 bits per heavy atom. The van der Waals surface area contributed by atoms with Crippen molar-refractivity contribution in [3.05, 3.63) is 60.4 Å². The molecule has 0 amide bonds. The maximum Gasteiger partial charge on any atom is 0.168 e. The quantitative estimate of drug-likeness (QED) is 0.507. The van der Waals surface area contributed by atoms with Crippen molar-refractivity contribution in [3.63, 3.8) is 0 Å². The normalized spacial score (nSPS) is 10.2. The third-order valence-electron chi connectivity index (χ3n) is 3.98. The summed E-state index contributed by atoms with van der Waals surface area (Å²) < 4.78 is 5.74. The number of ether oxygens (including phenoxy) is 1. The molecule has 3 rings (SSSR count). The van der Waals surface area contributed by atoms with Gasteiger partial charge in [0.15, 0.2) is 12.1 Å². The van der Waals surface area contributed by atoms with E-state index in [1.54, 1.807) is 12.3 Å². The molecule has 0 saturated heterocycles. The highest BCUT2D eigenvalue weighted by atomic mass is 16.5. The van der Waals surface area contributed by atoms with E-state index in [0.29, 0.717) is 42.3 Å². The lowest BCUT2D eigenvalue weighted by Crippen LogP contribution is -2.06. The van der Waals surface area contributed by atoms with Crippen molar-refractivity contribution in [2.45, 2.75) is 6.92 Å². The first kappa shape index (κ1) is 18.1. The predicted octanol–water partition coefficient (Wildman–Crippen LogP) is 4.00. The molecule has 0 radical (unpaired) electrons. The van der Waals surface area contributed by atoms with E-state index in [1.807, 2.05) is 43.3 Å². The van der Waals surface area contributed by atoms with Gasteiger partial charge in [-0.05, 0) is 30.5 Å². The molecule has 2 aromatic carbocycles. The summed E-state index contributed by atoms with van der Waals surface area (Å²) in [4.78, 5) is 19.5. The van der Waals surface area contributed by atoms with Crippen molar-refractivity contribution in [1.29, 1.82) is 5.26 Å². The van der Waals surface area contributed by atoms with Crippen LogP contribution in [0.5, 0.6) is 5.75 Å². The van der Waals surface area contributed by atoms with E-state index < -0.39 is 0 Å². The minimum atomic E-state index is 0.317. The Morgan fingerprint density at radius 2 is 2.15 bits per heavy atom. The van der Waals surface area contributed by atoms with Gasteiger partial charge in [0, 0.05) is 29.3 Å². The third kappa shape index (κ3) is 3.93. The number of carbonyl (C=O) groups excluding carboxylic acids is 1. The molecular formula is C21H18N4O2. The number of hydrogen-bond acceptors (Lipinski definition) is 6. The number of nitriles is 1. The highest BCUT2D eigenvalue weighted by Crippen LogP contribution is 2.35. The van der Waals surface area contributed by atoms with Gasteiger partial charge in [-0.15, -0.1) is 0 Å². The van der Waals surface area contributed by atoms with Crippen LogP contribution < -0.4 is 10.1 Å². The molecular weight excluding hydrogens is 340 g/mol. The summed E-state index contributed by atoms with van der Waals surface area (Å²) in [5.41, 5.74) is 2.31. The second kappa shape index (κ2) is 8.11. The second-order valence-corrected chi connectivity index (χ2v) is 5.80. The lowest BCUT2D eigenvalue weighted by molar-refractivity contribution is 0.111. The Morgan fingerprint density at radius 1 is 1.33 bits per heavy atom. The average molecular weight is 358 g/mol. The summed E-state index contributed by atoms with van der Waals surface area (Å²) in [5, 5.41) is 14.1. The Labute approximate surface area is 157 Å². The lowest BCUT2D eigenvalue weighted by atomic mass is 10.0. The average Bonchev–Trinajstić information content (AvgIpc) is 2.72. The Hall–Kier alpha value is -3.72. The largest absolute Gasteiger partial charge is 0.492 e. The first-order chi connectivity index (χ1) is 13.2. The SMILES string of the molecule is C=C(C#N)CNc1c(OCC)ccc2ccc(-c3nccc(C=O)n3)cc12. The van der Waals surface area contributed by atoms with Crippen molar-refractivity contribution in [2.75, 3.05) is 18.5 Å². The number of rotatable bonds is 7. The van der Waals surface area contributed by atoms with E-state index in [1.165, 1.54) is 0 Å². The standard InChI is InChI=1S/C21H18N4O2/c1-3-27-19-7-6-15-4-5-16(21-23-9-8-17(13-26)25-21)10-18(15)20(19)24-12-14(2)11-22/h4-10,13,24H,2-3,12H2,1H3. The van der Waals surface area contributed by atoms with Gasteiger partial charge in [-0.1, -0.05) is 24.8 Å². The van der Waals surface area contributed by atoms with Crippen LogP contribution in [0.3, 0.4) is 0 Å². The van der Waals surface area contributed by atoms with Crippen molar-refractivity contribution < 1.29 is 9.53 Å². The van der Waals surface area contributed by atoms with Gasteiger partial charge < -0.3 is 10.1 Å². The Bertz CT molecular complexity index is 1050. The fourth-order valence-electron chi connectivity index (χ4n) is 2.71. The van der Waals surface area contributed by atoms with Crippen LogP contribution in [0.2, 0.25) is 0 Å². The van der Waals surface area contributed by atoms with Crippen molar-refractivity contribution in [3.8, 4) is 23.2 Å². The number of nitrogens with zero attached hydrogens (tertiary/aromatic N) is 3. The van der Waals surface area contributed by atoms with Gasteiger partial charge in [-0.25, -0.2) is 9.97 Å². The van der Waals surface area contributed by atoms with E-state index >= 15 is 0 Å². The lowest BCUT2D eigenvalue weighted by Gasteiger charge is -2.15. The molecule has 0 aliphatic rings. The topological polar surface area (TPSA) is 87.9 Å². The molecule has 0 unspecified atom stereocenters. The first-order valence-corrected chi connectivity index (χ1v) is 8.46. The number of aromatic nitrogens is 2. The molecule has 0 spiro atoms. The molecule has 6 heteroatoms. The van der Waals surface area contributed by atoms with Crippen LogP contribution in [0.25, 0.3) is 22.2 Å². The summed E-state index contributed by atoms with van der Waals surface area (Å²) in [6.45, 7) is 6.46. The van der Waals surface area contributed by atoms with Gasteiger partial charge >= 0.3 is 0 Å². The molecule has 1 N–H and O–H groups in total. The zero-order valence-electron chi connectivity index (χ0n) is 14.9. The zero-order chi connectivity index (χ0) is 19.2. The summed E-state index contributed by atoms with van der Waals surface area (Å²) in [6, 6.07) is 13.3. The molecule has 0 aliphatic carbocycles. The molecule has 134 valence electrons. The van der Waals surface area contributed by atoms with Gasteiger partial charge in [-0.2, -0.15) is 5.26 Å². The molecule has 0 atom stereocenters. The fourth-order valence-corrected chi connectivity index (χ4v) is 2.71. The number of hydrogen-bond donors (Lipinski definition) is 1. The van der Waals surface area contributed by atoms with E-state index in [-0.39, 0.29) is 0 Å². The van der Waals surface area contributed by atoms with Crippen LogP contribution >= 0.6 is 0 Å². The number of carbonyl (C=O) groups is 1. The van der Waals surface area contributed by atoms with Crippen LogP contribution in [0.4, 0.5) is 5.69 Å². The van der Waals surface area contributed by atoms with Crippen molar-refractivity contribution >= 4 is 22.7 Å². The highest BCUT2D eigenvalue weighted by Gasteiger charge is 2.12. The molecule has 1 aromatic heterocycles. The molecule has 27 heavy (non-hydrogen) atoms. The van der Waals surface area contributed by atoms with Crippen LogP contribution in [0, 0.1) is 11.3 Å². The van der Waals surface area contributed by atoms with E-state index in [0.717, 1.165) is 22.0 Å². The number of fused-ring (bicyclic) bond motifs is 1. The van der Waals surface area contributed by atoms with Crippen LogP contribution in [0.15, 0.2) is 54.7 Å². The molecule has 0 aliphatic heterocycles. The Balaban J connectivity index is 2.13. The van der Waals surface area contributed by atoms with Crippen molar-refractivity contribution in [2.24, 2.45) is 0 Å². The summed E-state index contributed by atoms with van der Waals surface area (Å²) in [6.07, 6.45) is 2.25. The number of nitrogens with one attached hydrogen (secondary N) is 1. The molecule has 6 nitrogen and oxygen atoms in total. The molecule has 1 heterocycles. The molecule has 0 fully saturated rings. The van der Waals surface area contributed by atoms with Gasteiger partial charge in [-0.3, -0.25) is 4.79 Å². The molecule has 3 aromatic rings. The first-order valence-electron chi connectivity index (χ1n) is 8.46. The minimum absolute atomic E-state index is 0.317. The Kier molecular flexibility index (Phi) is 5.43. The summed E-state index contributed by atoms with van der Waals surface area (Å²) in [5.74, 6) is 1.16. The van der Waals surface area contributed by atoms with Gasteiger partial charge in [0.2, 0.25) is 0 Å². The molecule has 0 bridgehead atoms. The minimum Gasteiger partial charge on any atom is -0.492 e. The number of anilines is 1. The maximum atomic E-state index is 11.0. The third-order valence-corrected chi connectivity index (χ3v) is 3.98. The van der Waals surface area contributed by atoms with E-state index in [4.69, 9.17) is 10.00 Å². The molecule has 0 saturated carbocycles. The summed E-state index contributed by atoms with van der Waals surface area (Å²) in [7, 11) is 0. The fraction of sp³-hybridized carbons (Fsp3) is 0.143. The summed E-state index contributed by atoms with van der Waals surface area (Å²) >= 11 is 0. The van der Waals surface area contributed by atoms with Gasteiger partial charge in [0.05, 0.1) is 18.4 Å². The van der Waals surface area contributed by atoms with Crippen molar-refractivity contribution in [1.82, 2.24) is 9.97 Å². The van der Waals surface area contributed by atoms with Crippen LogP contribution in [-0.4, -0.2) is 29.4 Å². The maximum absolute atomic E-state index is 11.0. The highest BCUT2D eigenvalue weighted by molar-refractivity contribution is 5.99. The van der Waals surface area contributed by atoms with Crippen LogP contribution in [-0.2, 0) is 0 Å². The van der Waals surface area contributed by atoms with Crippen LogP contribution in [0.1, 0.15) is 17.4 Å². The second-order valence-electron chi connectivity index (χ2n) is 5.80. The number of benzene rings is 2. The van der Waals surface area contributed by atoms with E-state index in [2.05, 4.69) is 21.9 Å². The van der Waals surface area contributed by atoms with Gasteiger partial charge in [0.1, 0.15) is 11.4 Å².